The zero-order valence-corrected chi connectivity index (χ0v) is 19.0. The standard InChI is InChI=1S/C26H21F3N4O3/c27-21-7-1-16(13-20(21)25(28)29)26(34)31-17-2-4-18(5-3-17)36-19-6-8-22-23(14-19)32-24(15-30-22)33-9-11-35-12-10-33/h1-8,13-15,25H,9-12H2,(H,31,34). The number of carbonyl (C=O) groups excluding carboxylic acids is 1. The van der Waals surface area contributed by atoms with Crippen LogP contribution in [0.15, 0.2) is 66.9 Å². The van der Waals surface area contributed by atoms with E-state index >= 15 is 0 Å². The first-order valence-electron chi connectivity index (χ1n) is 11.2. The number of ether oxygens (including phenoxy) is 2. The molecule has 0 unspecified atom stereocenters. The molecule has 0 radical (unpaired) electrons. The molecule has 0 atom stereocenters. The fraction of sp³-hybridized carbons (Fsp3) is 0.192. The van der Waals surface area contributed by atoms with Crippen LogP contribution in [0.25, 0.3) is 11.0 Å². The highest BCUT2D eigenvalue weighted by Gasteiger charge is 2.17. The molecule has 0 bridgehead atoms. The predicted molar refractivity (Wildman–Crippen MR) is 128 cm³/mol. The van der Waals surface area contributed by atoms with Gasteiger partial charge in [-0.1, -0.05) is 0 Å². The summed E-state index contributed by atoms with van der Waals surface area (Å²) in [5.74, 6) is 0.185. The summed E-state index contributed by atoms with van der Waals surface area (Å²) < 4.78 is 50.6. The molecule has 1 aromatic heterocycles. The Hall–Kier alpha value is -4.18. The third-order valence-corrected chi connectivity index (χ3v) is 5.68. The molecule has 1 saturated heterocycles. The number of anilines is 2. The molecule has 1 fully saturated rings. The maximum absolute atomic E-state index is 13.5. The van der Waals surface area contributed by atoms with Crippen molar-refractivity contribution in [3.05, 3.63) is 83.8 Å². The van der Waals surface area contributed by atoms with Crippen molar-refractivity contribution in [3.63, 3.8) is 0 Å². The Labute approximate surface area is 204 Å². The lowest BCUT2D eigenvalue weighted by Gasteiger charge is -2.27. The van der Waals surface area contributed by atoms with Gasteiger partial charge in [0.1, 0.15) is 23.1 Å². The molecule has 3 aromatic carbocycles. The van der Waals surface area contributed by atoms with E-state index in [0.717, 1.165) is 42.6 Å². The van der Waals surface area contributed by atoms with Crippen molar-refractivity contribution in [1.29, 1.82) is 0 Å². The van der Waals surface area contributed by atoms with Gasteiger partial charge in [0.15, 0.2) is 0 Å². The van der Waals surface area contributed by atoms with Crippen LogP contribution in [0.5, 0.6) is 11.5 Å². The molecule has 0 aliphatic carbocycles. The maximum Gasteiger partial charge on any atom is 0.266 e. The highest BCUT2D eigenvalue weighted by Crippen LogP contribution is 2.27. The largest absolute Gasteiger partial charge is 0.457 e. The average Bonchev–Trinajstić information content (AvgIpc) is 2.90. The summed E-state index contributed by atoms with van der Waals surface area (Å²) in [7, 11) is 0. The molecule has 4 aromatic rings. The molecule has 5 rings (SSSR count). The normalized spacial score (nSPS) is 13.7. The van der Waals surface area contributed by atoms with Crippen LogP contribution in [0.4, 0.5) is 24.7 Å². The monoisotopic (exact) mass is 494 g/mol. The molecule has 0 spiro atoms. The molecular weight excluding hydrogens is 473 g/mol. The smallest absolute Gasteiger partial charge is 0.266 e. The quantitative estimate of drug-likeness (QED) is 0.377. The summed E-state index contributed by atoms with van der Waals surface area (Å²) >= 11 is 0. The number of aromatic nitrogens is 2. The van der Waals surface area contributed by atoms with Gasteiger partial charge in [-0.05, 0) is 54.6 Å². The van der Waals surface area contributed by atoms with E-state index in [1.165, 1.54) is 0 Å². The number of hydrogen-bond acceptors (Lipinski definition) is 6. The number of benzene rings is 3. The Morgan fingerprint density at radius 2 is 1.72 bits per heavy atom. The highest BCUT2D eigenvalue weighted by molar-refractivity contribution is 6.04. The number of nitrogens with zero attached hydrogens (tertiary/aromatic N) is 3. The first kappa shape index (κ1) is 23.6. The van der Waals surface area contributed by atoms with Crippen LogP contribution in [0.3, 0.4) is 0 Å². The lowest BCUT2D eigenvalue weighted by atomic mass is 10.1. The lowest BCUT2D eigenvalue weighted by molar-refractivity contribution is 0.102. The zero-order chi connectivity index (χ0) is 25.1. The van der Waals surface area contributed by atoms with Crippen LogP contribution in [-0.4, -0.2) is 42.2 Å². The summed E-state index contributed by atoms with van der Waals surface area (Å²) in [5.41, 5.74) is 0.982. The number of fused-ring (bicyclic) bond motifs is 1. The number of rotatable bonds is 6. The number of alkyl halides is 2. The molecule has 7 nitrogen and oxygen atoms in total. The lowest BCUT2D eigenvalue weighted by Crippen LogP contribution is -2.36. The highest BCUT2D eigenvalue weighted by atomic mass is 19.3. The van der Waals surface area contributed by atoms with Crippen molar-refractivity contribution in [2.24, 2.45) is 0 Å². The molecule has 1 aliphatic rings. The minimum Gasteiger partial charge on any atom is -0.457 e. The van der Waals surface area contributed by atoms with Crippen LogP contribution >= 0.6 is 0 Å². The minimum atomic E-state index is -3.01. The molecule has 36 heavy (non-hydrogen) atoms. The van der Waals surface area contributed by atoms with Crippen LogP contribution < -0.4 is 15.0 Å². The second kappa shape index (κ2) is 10.2. The Kier molecular flexibility index (Phi) is 6.68. The number of halogens is 3. The van der Waals surface area contributed by atoms with E-state index in [2.05, 4.69) is 15.2 Å². The molecule has 0 saturated carbocycles. The van der Waals surface area contributed by atoms with E-state index < -0.39 is 23.7 Å². The molecule has 2 heterocycles. The molecular formula is C26H21F3N4O3. The first-order valence-corrected chi connectivity index (χ1v) is 11.2. The minimum absolute atomic E-state index is 0.0688. The van der Waals surface area contributed by atoms with Gasteiger partial charge < -0.3 is 19.7 Å². The number of carbonyl (C=O) groups is 1. The van der Waals surface area contributed by atoms with E-state index in [1.54, 1.807) is 42.6 Å². The average molecular weight is 494 g/mol. The first-order chi connectivity index (χ1) is 17.5. The molecule has 1 aliphatic heterocycles. The van der Waals surface area contributed by atoms with Gasteiger partial charge in [0, 0.05) is 30.4 Å². The van der Waals surface area contributed by atoms with Crippen molar-refractivity contribution in [3.8, 4) is 11.5 Å². The van der Waals surface area contributed by atoms with Crippen molar-refractivity contribution in [2.75, 3.05) is 36.5 Å². The van der Waals surface area contributed by atoms with Gasteiger partial charge in [0.2, 0.25) is 0 Å². The SMILES string of the molecule is O=C(Nc1ccc(Oc2ccc3ncc(N4CCOCC4)nc3c2)cc1)c1ccc(F)c(C(F)F)c1. The fourth-order valence-electron chi connectivity index (χ4n) is 3.79. The van der Waals surface area contributed by atoms with E-state index in [1.807, 2.05) is 6.07 Å². The van der Waals surface area contributed by atoms with Gasteiger partial charge in [-0.15, -0.1) is 0 Å². The van der Waals surface area contributed by atoms with E-state index in [0.29, 0.717) is 35.9 Å². The van der Waals surface area contributed by atoms with Gasteiger partial charge >= 0.3 is 0 Å². The topological polar surface area (TPSA) is 76.6 Å². The van der Waals surface area contributed by atoms with Crippen molar-refractivity contribution >= 4 is 28.4 Å². The van der Waals surface area contributed by atoms with Crippen LogP contribution in [0.2, 0.25) is 0 Å². The van der Waals surface area contributed by atoms with Crippen molar-refractivity contribution in [1.82, 2.24) is 9.97 Å². The van der Waals surface area contributed by atoms with Crippen molar-refractivity contribution < 1.29 is 27.4 Å². The molecule has 1 amide bonds. The summed E-state index contributed by atoms with van der Waals surface area (Å²) in [5, 5.41) is 2.60. The van der Waals surface area contributed by atoms with Gasteiger partial charge in [0.05, 0.1) is 36.0 Å². The van der Waals surface area contributed by atoms with E-state index in [4.69, 9.17) is 14.5 Å². The second-order valence-corrected chi connectivity index (χ2v) is 8.10. The number of morpholine rings is 1. The van der Waals surface area contributed by atoms with Crippen LogP contribution in [0.1, 0.15) is 22.3 Å². The van der Waals surface area contributed by atoms with Gasteiger partial charge in [0.25, 0.3) is 12.3 Å². The van der Waals surface area contributed by atoms with Crippen LogP contribution in [0, 0.1) is 5.82 Å². The fourth-order valence-corrected chi connectivity index (χ4v) is 3.79. The summed E-state index contributed by atoms with van der Waals surface area (Å²) in [6.45, 7) is 2.82. The van der Waals surface area contributed by atoms with Crippen LogP contribution in [-0.2, 0) is 4.74 Å². The molecule has 10 heteroatoms. The number of amides is 1. The zero-order valence-electron chi connectivity index (χ0n) is 19.0. The number of nitrogens with one attached hydrogen (secondary N) is 1. The molecule has 184 valence electrons. The summed E-state index contributed by atoms with van der Waals surface area (Å²) in [6.07, 6.45) is -1.26. The Bertz CT molecular complexity index is 1390. The van der Waals surface area contributed by atoms with Crippen molar-refractivity contribution in [2.45, 2.75) is 6.43 Å². The summed E-state index contributed by atoms with van der Waals surface area (Å²) in [4.78, 5) is 23.7. The van der Waals surface area contributed by atoms with Gasteiger partial charge in [-0.2, -0.15) is 0 Å². The van der Waals surface area contributed by atoms with Gasteiger partial charge in [-0.25, -0.2) is 18.2 Å². The van der Waals surface area contributed by atoms with E-state index in [-0.39, 0.29) is 5.56 Å². The Morgan fingerprint density at radius 3 is 2.47 bits per heavy atom. The Morgan fingerprint density at radius 1 is 0.972 bits per heavy atom. The third kappa shape index (κ3) is 5.23. The van der Waals surface area contributed by atoms with Gasteiger partial charge in [-0.3, -0.25) is 9.78 Å². The molecule has 1 N–H and O–H groups in total. The second-order valence-electron chi connectivity index (χ2n) is 8.10. The summed E-state index contributed by atoms with van der Waals surface area (Å²) in [6, 6.07) is 14.8. The third-order valence-electron chi connectivity index (χ3n) is 5.68. The predicted octanol–water partition coefficient (Wildman–Crippen LogP) is 5.59. The number of hydrogen-bond donors (Lipinski definition) is 1. The maximum atomic E-state index is 13.5. The van der Waals surface area contributed by atoms with E-state index in [9.17, 15) is 18.0 Å². The Balaban J connectivity index is 1.27.